The summed E-state index contributed by atoms with van der Waals surface area (Å²) in [6.45, 7) is 4.56. The highest BCUT2D eigenvalue weighted by molar-refractivity contribution is 5.31. The lowest BCUT2D eigenvalue weighted by atomic mass is 9.80. The Morgan fingerprint density at radius 3 is 2.30 bits per heavy atom. The molecule has 0 saturated heterocycles. The van der Waals surface area contributed by atoms with Crippen molar-refractivity contribution in [3.05, 3.63) is 29.3 Å². The summed E-state index contributed by atoms with van der Waals surface area (Å²) in [5.41, 5.74) is 0.405. The number of unbranched alkanes of at least 4 members (excludes halogenated alkanes) is 2. The fourth-order valence-corrected chi connectivity index (χ4v) is 3.53. The summed E-state index contributed by atoms with van der Waals surface area (Å²) in [6.07, 6.45) is 10.6. The van der Waals surface area contributed by atoms with Gasteiger partial charge < -0.3 is 4.74 Å². The molecule has 1 aromatic carbocycles. The van der Waals surface area contributed by atoms with Gasteiger partial charge in [0.2, 0.25) is 5.82 Å². The zero-order valence-corrected chi connectivity index (χ0v) is 14.5. The van der Waals surface area contributed by atoms with Crippen molar-refractivity contribution in [2.75, 3.05) is 6.61 Å². The molecule has 1 aliphatic carbocycles. The number of halogens is 2. The van der Waals surface area contributed by atoms with E-state index < -0.39 is 11.6 Å². The summed E-state index contributed by atoms with van der Waals surface area (Å²) in [5, 5.41) is 0. The number of hydrogen-bond acceptors (Lipinski definition) is 1. The summed E-state index contributed by atoms with van der Waals surface area (Å²) in [4.78, 5) is 0. The number of hydrogen-bond donors (Lipinski definition) is 0. The van der Waals surface area contributed by atoms with E-state index in [1.807, 2.05) is 6.92 Å². The minimum absolute atomic E-state index is 0.0600. The van der Waals surface area contributed by atoms with Gasteiger partial charge in [0.05, 0.1) is 6.61 Å². The van der Waals surface area contributed by atoms with Crippen LogP contribution in [0, 0.1) is 23.5 Å². The zero-order valence-electron chi connectivity index (χ0n) is 14.5. The molecule has 1 saturated carbocycles. The maximum absolute atomic E-state index is 13.9. The van der Waals surface area contributed by atoms with E-state index in [0.717, 1.165) is 18.8 Å². The Morgan fingerprint density at radius 2 is 1.65 bits per heavy atom. The van der Waals surface area contributed by atoms with E-state index in [1.165, 1.54) is 38.5 Å². The Morgan fingerprint density at radius 1 is 0.957 bits per heavy atom. The Balaban J connectivity index is 1.76. The van der Waals surface area contributed by atoms with Crippen LogP contribution in [-0.2, 0) is 6.42 Å². The average molecular weight is 324 g/mol. The standard InChI is InChI=1S/C20H30F2O/c1-3-5-6-7-15-8-10-16(11-9-15)14-23-18-13-12-17(4-2)19(21)20(18)22/h12-13,15-16H,3-11,14H2,1-2H3. The third-order valence-electron chi connectivity index (χ3n) is 5.16. The first-order chi connectivity index (χ1) is 11.2. The molecule has 0 radical (unpaired) electrons. The topological polar surface area (TPSA) is 9.23 Å². The van der Waals surface area contributed by atoms with Crippen LogP contribution in [0.2, 0.25) is 0 Å². The third-order valence-corrected chi connectivity index (χ3v) is 5.16. The molecule has 0 spiro atoms. The van der Waals surface area contributed by atoms with E-state index in [1.54, 1.807) is 12.1 Å². The fourth-order valence-electron chi connectivity index (χ4n) is 3.53. The number of rotatable bonds is 8. The van der Waals surface area contributed by atoms with Crippen LogP contribution in [-0.4, -0.2) is 6.61 Å². The largest absolute Gasteiger partial charge is 0.490 e. The van der Waals surface area contributed by atoms with E-state index in [9.17, 15) is 8.78 Å². The van der Waals surface area contributed by atoms with E-state index >= 15 is 0 Å². The van der Waals surface area contributed by atoms with Crippen LogP contribution in [0.4, 0.5) is 8.78 Å². The van der Waals surface area contributed by atoms with Gasteiger partial charge in [-0.05, 0) is 42.7 Å². The molecule has 0 aliphatic heterocycles. The lowest BCUT2D eigenvalue weighted by molar-refractivity contribution is 0.172. The van der Waals surface area contributed by atoms with Gasteiger partial charge >= 0.3 is 0 Å². The van der Waals surface area contributed by atoms with Gasteiger partial charge in [-0.15, -0.1) is 0 Å². The normalized spacial score (nSPS) is 21.4. The molecule has 0 aromatic heterocycles. The Hall–Kier alpha value is -1.12. The minimum atomic E-state index is -0.836. The monoisotopic (exact) mass is 324 g/mol. The second-order valence-corrected chi connectivity index (χ2v) is 6.90. The maximum Gasteiger partial charge on any atom is 0.200 e. The van der Waals surface area contributed by atoms with Crippen LogP contribution in [0.15, 0.2) is 12.1 Å². The molecule has 0 N–H and O–H groups in total. The van der Waals surface area contributed by atoms with Crippen molar-refractivity contribution in [2.45, 2.75) is 71.6 Å². The zero-order chi connectivity index (χ0) is 16.7. The van der Waals surface area contributed by atoms with E-state index in [2.05, 4.69) is 6.92 Å². The first kappa shape index (κ1) is 18.2. The lowest BCUT2D eigenvalue weighted by Crippen LogP contribution is -2.20. The first-order valence-corrected chi connectivity index (χ1v) is 9.25. The lowest BCUT2D eigenvalue weighted by Gasteiger charge is -2.28. The van der Waals surface area contributed by atoms with Crippen LogP contribution in [0.1, 0.15) is 70.8 Å². The van der Waals surface area contributed by atoms with Crippen molar-refractivity contribution in [3.63, 3.8) is 0 Å². The molecular formula is C20H30F2O. The Kier molecular flexibility index (Phi) is 7.32. The minimum Gasteiger partial charge on any atom is -0.490 e. The van der Waals surface area contributed by atoms with Crippen molar-refractivity contribution in [1.29, 1.82) is 0 Å². The molecule has 0 amide bonds. The van der Waals surface area contributed by atoms with Gasteiger partial charge in [0.1, 0.15) is 0 Å². The summed E-state index contributed by atoms with van der Waals surface area (Å²) < 4.78 is 33.3. The third kappa shape index (κ3) is 5.19. The van der Waals surface area contributed by atoms with Crippen molar-refractivity contribution >= 4 is 0 Å². The smallest absolute Gasteiger partial charge is 0.200 e. The highest BCUT2D eigenvalue weighted by atomic mass is 19.2. The van der Waals surface area contributed by atoms with Gasteiger partial charge in [-0.3, -0.25) is 0 Å². The predicted molar refractivity (Wildman–Crippen MR) is 90.8 cm³/mol. The van der Waals surface area contributed by atoms with Crippen molar-refractivity contribution in [1.82, 2.24) is 0 Å². The molecule has 3 heteroatoms. The molecule has 1 aromatic rings. The van der Waals surface area contributed by atoms with Gasteiger partial charge in [-0.1, -0.05) is 58.4 Å². The summed E-state index contributed by atoms with van der Waals surface area (Å²) in [6, 6.07) is 3.19. The van der Waals surface area contributed by atoms with Crippen molar-refractivity contribution in [3.8, 4) is 5.75 Å². The van der Waals surface area contributed by atoms with Crippen molar-refractivity contribution < 1.29 is 13.5 Å². The van der Waals surface area contributed by atoms with Crippen LogP contribution < -0.4 is 4.74 Å². The maximum atomic E-state index is 13.9. The predicted octanol–water partition coefficient (Wildman–Crippen LogP) is 6.29. The van der Waals surface area contributed by atoms with Crippen LogP contribution >= 0.6 is 0 Å². The summed E-state index contributed by atoms with van der Waals surface area (Å²) >= 11 is 0. The van der Waals surface area contributed by atoms with Gasteiger partial charge in [0.25, 0.3) is 0 Å². The Labute approximate surface area is 139 Å². The Bertz CT molecular complexity index is 479. The van der Waals surface area contributed by atoms with E-state index in [4.69, 9.17) is 4.74 Å². The van der Waals surface area contributed by atoms with E-state index in [-0.39, 0.29) is 5.75 Å². The molecular weight excluding hydrogens is 294 g/mol. The molecule has 0 atom stereocenters. The molecule has 0 heterocycles. The quantitative estimate of drug-likeness (QED) is 0.510. The molecule has 23 heavy (non-hydrogen) atoms. The second kappa shape index (κ2) is 9.24. The molecule has 1 nitrogen and oxygen atoms in total. The molecule has 130 valence electrons. The summed E-state index contributed by atoms with van der Waals surface area (Å²) in [5.74, 6) is -0.200. The van der Waals surface area contributed by atoms with Gasteiger partial charge in [0.15, 0.2) is 11.6 Å². The molecule has 2 rings (SSSR count). The van der Waals surface area contributed by atoms with Crippen molar-refractivity contribution in [2.24, 2.45) is 11.8 Å². The van der Waals surface area contributed by atoms with Crippen LogP contribution in [0.3, 0.4) is 0 Å². The molecule has 1 aliphatic rings. The van der Waals surface area contributed by atoms with Gasteiger partial charge in [-0.25, -0.2) is 4.39 Å². The highest BCUT2D eigenvalue weighted by Gasteiger charge is 2.22. The van der Waals surface area contributed by atoms with Crippen LogP contribution in [0.5, 0.6) is 5.75 Å². The summed E-state index contributed by atoms with van der Waals surface area (Å²) in [7, 11) is 0. The molecule has 0 unspecified atom stereocenters. The molecule has 0 bridgehead atoms. The molecule has 1 fully saturated rings. The average Bonchev–Trinajstić information content (AvgIpc) is 2.58. The van der Waals surface area contributed by atoms with Gasteiger partial charge in [-0.2, -0.15) is 4.39 Å². The highest BCUT2D eigenvalue weighted by Crippen LogP contribution is 2.33. The SMILES string of the molecule is CCCCCC1CCC(COc2ccc(CC)c(F)c2F)CC1. The number of ether oxygens (including phenoxy) is 1. The fraction of sp³-hybridized carbons (Fsp3) is 0.700. The van der Waals surface area contributed by atoms with Crippen LogP contribution in [0.25, 0.3) is 0 Å². The second-order valence-electron chi connectivity index (χ2n) is 6.90. The first-order valence-electron chi connectivity index (χ1n) is 9.25. The van der Waals surface area contributed by atoms with E-state index in [0.29, 0.717) is 24.5 Å². The van der Waals surface area contributed by atoms with Gasteiger partial charge in [0, 0.05) is 0 Å². The number of benzene rings is 1. The number of aryl methyl sites for hydroxylation is 1.